The minimum absolute atomic E-state index is 0.0680. The van der Waals surface area contributed by atoms with E-state index in [4.69, 9.17) is 4.74 Å². The van der Waals surface area contributed by atoms with Crippen molar-refractivity contribution in [1.82, 2.24) is 20.1 Å². The Morgan fingerprint density at radius 2 is 1.74 bits per heavy atom. The molecule has 0 saturated carbocycles. The van der Waals surface area contributed by atoms with E-state index in [9.17, 15) is 9.59 Å². The number of aromatic nitrogens is 3. The number of aryl methyl sites for hydroxylation is 1. The van der Waals surface area contributed by atoms with Crippen LogP contribution in [0.3, 0.4) is 0 Å². The lowest BCUT2D eigenvalue weighted by Gasteiger charge is -2.16. The summed E-state index contributed by atoms with van der Waals surface area (Å²) in [4.78, 5) is 24.8. The summed E-state index contributed by atoms with van der Waals surface area (Å²) in [7, 11) is 0. The fourth-order valence-electron chi connectivity index (χ4n) is 3.56. The summed E-state index contributed by atoms with van der Waals surface area (Å²) in [6.45, 7) is 8.87. The zero-order valence-electron chi connectivity index (χ0n) is 20.9. The van der Waals surface area contributed by atoms with Gasteiger partial charge in [-0.3, -0.25) is 9.59 Å². The van der Waals surface area contributed by atoms with Gasteiger partial charge in [0, 0.05) is 6.54 Å². The monoisotopic (exact) mass is 494 g/mol. The molecule has 0 saturated heterocycles. The first-order valence-electron chi connectivity index (χ1n) is 12.0. The third kappa shape index (κ3) is 8.24. The molecule has 1 atom stereocenters. The van der Waals surface area contributed by atoms with Crippen molar-refractivity contribution in [2.75, 3.05) is 5.75 Å². The Hall–Kier alpha value is -3.13. The number of carbonyl (C=O) groups is 2. The highest BCUT2D eigenvalue weighted by molar-refractivity contribution is 7.99. The number of rotatable bonds is 13. The Kier molecular flexibility index (Phi) is 9.90. The molecule has 186 valence electrons. The number of nitrogens with zero attached hydrogens (tertiary/aromatic N) is 3. The van der Waals surface area contributed by atoms with E-state index < -0.39 is 6.04 Å². The van der Waals surface area contributed by atoms with Crippen molar-refractivity contribution in [1.29, 1.82) is 0 Å². The maximum atomic E-state index is 12.7. The number of hydrogen-bond acceptors (Lipinski definition) is 6. The first-order chi connectivity index (χ1) is 16.9. The third-order valence-corrected chi connectivity index (χ3v) is 6.45. The fourth-order valence-corrected chi connectivity index (χ4v) is 4.34. The van der Waals surface area contributed by atoms with Crippen LogP contribution >= 0.6 is 11.8 Å². The van der Waals surface area contributed by atoms with E-state index in [1.807, 2.05) is 47.0 Å². The maximum Gasteiger partial charge on any atom is 0.231 e. The Bertz CT molecular complexity index is 1100. The molecule has 1 unspecified atom stereocenters. The second-order valence-electron chi connectivity index (χ2n) is 8.90. The number of carbonyl (C=O) groups excluding carboxylic acids is 2. The first kappa shape index (κ1) is 26.5. The molecule has 2 aromatic carbocycles. The fraction of sp³-hybridized carbons (Fsp3) is 0.407. The number of amides is 1. The molecule has 0 aliphatic carbocycles. The number of ketones is 1. The van der Waals surface area contributed by atoms with Crippen molar-refractivity contribution in [2.24, 2.45) is 5.92 Å². The average molecular weight is 495 g/mol. The Balaban J connectivity index is 1.61. The van der Waals surface area contributed by atoms with Gasteiger partial charge in [0.05, 0.1) is 11.8 Å². The molecule has 0 spiro atoms. The second-order valence-corrected chi connectivity index (χ2v) is 9.84. The van der Waals surface area contributed by atoms with Crippen LogP contribution in [0.25, 0.3) is 0 Å². The predicted molar refractivity (Wildman–Crippen MR) is 138 cm³/mol. The third-order valence-electron chi connectivity index (χ3n) is 5.48. The van der Waals surface area contributed by atoms with E-state index >= 15 is 0 Å². The second kappa shape index (κ2) is 13.1. The van der Waals surface area contributed by atoms with E-state index in [1.54, 1.807) is 0 Å². The summed E-state index contributed by atoms with van der Waals surface area (Å²) in [5.74, 6) is 1.74. The lowest BCUT2D eigenvalue weighted by Crippen LogP contribution is -2.42. The topological polar surface area (TPSA) is 86.1 Å². The molecule has 3 aromatic rings. The summed E-state index contributed by atoms with van der Waals surface area (Å²) < 4.78 is 7.95. The maximum absolute atomic E-state index is 12.7. The van der Waals surface area contributed by atoms with Crippen LogP contribution in [0.5, 0.6) is 5.75 Å². The molecule has 35 heavy (non-hydrogen) atoms. The van der Waals surface area contributed by atoms with Crippen LogP contribution in [0.1, 0.15) is 44.6 Å². The van der Waals surface area contributed by atoms with Gasteiger partial charge in [0.2, 0.25) is 5.91 Å². The minimum atomic E-state index is -0.554. The number of thioether (sulfide) groups is 1. The quantitative estimate of drug-likeness (QED) is 0.353. The SMILES string of the molecule is CCc1ccc(OCc2nnc(SCC(=O)NC(Cc3ccccc3)C(C)=O)n2CC(C)C)cc1. The van der Waals surface area contributed by atoms with Crippen molar-refractivity contribution in [2.45, 2.75) is 64.9 Å². The molecular formula is C27H34N4O3S. The molecule has 0 aliphatic rings. The van der Waals surface area contributed by atoms with Gasteiger partial charge in [-0.2, -0.15) is 0 Å². The summed E-state index contributed by atoms with van der Waals surface area (Å²) in [5.41, 5.74) is 2.26. The van der Waals surface area contributed by atoms with Crippen LogP contribution in [0, 0.1) is 5.92 Å². The molecule has 0 aliphatic heterocycles. The van der Waals surface area contributed by atoms with E-state index in [0.29, 0.717) is 36.5 Å². The molecule has 0 bridgehead atoms. The lowest BCUT2D eigenvalue weighted by atomic mass is 10.0. The number of nitrogens with one attached hydrogen (secondary N) is 1. The van der Waals surface area contributed by atoms with Gasteiger partial charge >= 0.3 is 0 Å². The van der Waals surface area contributed by atoms with Crippen LogP contribution in [0.15, 0.2) is 59.8 Å². The van der Waals surface area contributed by atoms with Crippen molar-refractivity contribution in [3.63, 3.8) is 0 Å². The average Bonchev–Trinajstić information content (AvgIpc) is 3.22. The van der Waals surface area contributed by atoms with Crippen LogP contribution in [0.2, 0.25) is 0 Å². The van der Waals surface area contributed by atoms with E-state index in [2.05, 4.69) is 48.4 Å². The zero-order valence-corrected chi connectivity index (χ0v) is 21.7. The van der Waals surface area contributed by atoms with Gasteiger partial charge in [0.1, 0.15) is 12.4 Å². The van der Waals surface area contributed by atoms with Gasteiger partial charge in [-0.1, -0.05) is 75.0 Å². The van der Waals surface area contributed by atoms with Gasteiger partial charge in [0.15, 0.2) is 16.8 Å². The van der Waals surface area contributed by atoms with Crippen molar-refractivity contribution in [3.05, 3.63) is 71.5 Å². The lowest BCUT2D eigenvalue weighted by molar-refractivity contribution is -0.125. The summed E-state index contributed by atoms with van der Waals surface area (Å²) in [6.07, 6.45) is 1.45. The molecule has 0 radical (unpaired) electrons. The highest BCUT2D eigenvalue weighted by Gasteiger charge is 2.20. The van der Waals surface area contributed by atoms with Gasteiger partial charge in [-0.25, -0.2) is 0 Å². The molecule has 1 amide bonds. The van der Waals surface area contributed by atoms with Gasteiger partial charge in [-0.15, -0.1) is 10.2 Å². The van der Waals surface area contributed by atoms with Crippen molar-refractivity contribution >= 4 is 23.5 Å². The normalized spacial score (nSPS) is 11.9. The number of hydrogen-bond donors (Lipinski definition) is 1. The van der Waals surface area contributed by atoms with Crippen LogP contribution < -0.4 is 10.1 Å². The van der Waals surface area contributed by atoms with Crippen LogP contribution in [0.4, 0.5) is 0 Å². The van der Waals surface area contributed by atoms with Crippen LogP contribution in [-0.4, -0.2) is 38.2 Å². The Labute approximate surface area is 211 Å². The number of ether oxygens (including phenoxy) is 1. The van der Waals surface area contributed by atoms with E-state index in [1.165, 1.54) is 24.2 Å². The summed E-state index contributed by atoms with van der Waals surface area (Å²) in [6, 6.07) is 17.2. The molecule has 1 aromatic heterocycles. The van der Waals surface area contributed by atoms with E-state index in [-0.39, 0.29) is 17.4 Å². The van der Waals surface area contributed by atoms with Crippen molar-refractivity contribution in [3.8, 4) is 5.75 Å². The standard InChI is InChI=1S/C27H34N4O3S/c1-5-21-11-13-23(14-12-21)34-17-25-29-30-27(31(25)16-19(2)3)35-18-26(33)28-24(20(4)32)15-22-9-7-6-8-10-22/h6-14,19,24H,5,15-18H2,1-4H3,(H,28,33). The smallest absolute Gasteiger partial charge is 0.231 e. The molecule has 3 rings (SSSR count). The van der Waals surface area contributed by atoms with Crippen molar-refractivity contribution < 1.29 is 14.3 Å². The molecule has 1 heterocycles. The Morgan fingerprint density at radius 1 is 1.03 bits per heavy atom. The Morgan fingerprint density at radius 3 is 2.37 bits per heavy atom. The van der Waals surface area contributed by atoms with Gasteiger partial charge in [-0.05, 0) is 48.9 Å². The molecular weight excluding hydrogens is 460 g/mol. The highest BCUT2D eigenvalue weighted by atomic mass is 32.2. The first-order valence-corrected chi connectivity index (χ1v) is 12.9. The molecule has 8 heteroatoms. The molecule has 0 fully saturated rings. The minimum Gasteiger partial charge on any atom is -0.486 e. The van der Waals surface area contributed by atoms with Gasteiger partial charge < -0.3 is 14.6 Å². The summed E-state index contributed by atoms with van der Waals surface area (Å²) >= 11 is 1.32. The van der Waals surface area contributed by atoms with Crippen LogP contribution in [-0.2, 0) is 35.6 Å². The molecule has 1 N–H and O–H groups in total. The highest BCUT2D eigenvalue weighted by Crippen LogP contribution is 2.21. The summed E-state index contributed by atoms with van der Waals surface area (Å²) in [5, 5.41) is 12.2. The number of benzene rings is 2. The van der Waals surface area contributed by atoms with E-state index in [0.717, 1.165) is 17.7 Å². The zero-order chi connectivity index (χ0) is 25.2. The largest absolute Gasteiger partial charge is 0.486 e. The number of Topliss-reactive ketones (excluding diaryl/α,β-unsaturated/α-hetero) is 1. The predicted octanol–water partition coefficient (Wildman–Crippen LogP) is 4.48. The van der Waals surface area contributed by atoms with Gasteiger partial charge in [0.25, 0.3) is 0 Å². The molecule has 7 nitrogen and oxygen atoms in total.